The van der Waals surface area contributed by atoms with Gasteiger partial charge in [-0.05, 0) is 39.8 Å². The SMILES string of the molecule is Cc1nc(-c2cccc(NCc3cnn(C(C)(C)C)c3)c2)n[nH]1. The number of H-pyrrole nitrogens is 1. The third-order valence-electron chi connectivity index (χ3n) is 3.54. The maximum Gasteiger partial charge on any atom is 0.181 e. The topological polar surface area (TPSA) is 71.4 Å². The van der Waals surface area contributed by atoms with Crippen molar-refractivity contribution >= 4 is 5.69 Å². The molecule has 6 heteroatoms. The fourth-order valence-electron chi connectivity index (χ4n) is 2.26. The van der Waals surface area contributed by atoms with E-state index < -0.39 is 0 Å². The summed E-state index contributed by atoms with van der Waals surface area (Å²) in [7, 11) is 0. The van der Waals surface area contributed by atoms with Crippen LogP contribution in [-0.4, -0.2) is 25.0 Å². The van der Waals surface area contributed by atoms with Gasteiger partial charge in [0.15, 0.2) is 5.82 Å². The van der Waals surface area contributed by atoms with Crippen molar-refractivity contribution in [3.8, 4) is 11.4 Å². The normalized spacial score (nSPS) is 11.7. The van der Waals surface area contributed by atoms with E-state index in [4.69, 9.17) is 0 Å². The van der Waals surface area contributed by atoms with Crippen molar-refractivity contribution in [2.45, 2.75) is 39.8 Å². The molecule has 0 saturated heterocycles. The van der Waals surface area contributed by atoms with Gasteiger partial charge in [-0.2, -0.15) is 10.2 Å². The van der Waals surface area contributed by atoms with Gasteiger partial charge in [0.2, 0.25) is 0 Å². The van der Waals surface area contributed by atoms with Crippen molar-refractivity contribution in [2.75, 3.05) is 5.32 Å². The molecular weight excluding hydrogens is 288 g/mol. The molecule has 2 heterocycles. The van der Waals surface area contributed by atoms with Crippen molar-refractivity contribution in [2.24, 2.45) is 0 Å². The van der Waals surface area contributed by atoms with E-state index in [0.29, 0.717) is 5.82 Å². The number of anilines is 1. The predicted molar refractivity (Wildman–Crippen MR) is 91.1 cm³/mol. The van der Waals surface area contributed by atoms with Crippen molar-refractivity contribution in [1.29, 1.82) is 0 Å². The van der Waals surface area contributed by atoms with Crippen LogP contribution in [0.1, 0.15) is 32.2 Å². The Morgan fingerprint density at radius 2 is 2.09 bits per heavy atom. The van der Waals surface area contributed by atoms with E-state index in [0.717, 1.165) is 29.2 Å². The lowest BCUT2D eigenvalue weighted by Crippen LogP contribution is -2.21. The molecular formula is C17H22N6. The minimum atomic E-state index is 0.00163. The average molecular weight is 310 g/mol. The second-order valence-corrected chi connectivity index (χ2v) is 6.64. The lowest BCUT2D eigenvalue weighted by atomic mass is 10.1. The molecule has 0 aliphatic heterocycles. The first kappa shape index (κ1) is 15.3. The molecule has 0 unspecified atom stereocenters. The monoisotopic (exact) mass is 310 g/mol. The van der Waals surface area contributed by atoms with Gasteiger partial charge in [-0.15, -0.1) is 0 Å². The fourth-order valence-corrected chi connectivity index (χ4v) is 2.26. The molecule has 0 bridgehead atoms. The zero-order valence-electron chi connectivity index (χ0n) is 14.0. The Labute approximate surface area is 136 Å². The standard InChI is InChI=1S/C17H22N6/c1-12-20-16(22-21-12)14-6-5-7-15(8-14)18-9-13-10-19-23(11-13)17(2,3)4/h5-8,10-11,18H,9H2,1-4H3,(H,20,21,22). The van der Waals surface area contributed by atoms with Crippen molar-refractivity contribution in [3.05, 3.63) is 48.0 Å². The molecule has 0 spiro atoms. The molecule has 0 radical (unpaired) electrons. The van der Waals surface area contributed by atoms with Crippen molar-refractivity contribution in [3.63, 3.8) is 0 Å². The van der Waals surface area contributed by atoms with Gasteiger partial charge in [0.05, 0.1) is 11.7 Å². The third kappa shape index (κ3) is 3.59. The number of nitrogens with zero attached hydrogens (tertiary/aromatic N) is 4. The minimum Gasteiger partial charge on any atom is -0.381 e. The quantitative estimate of drug-likeness (QED) is 0.775. The van der Waals surface area contributed by atoms with Crippen LogP contribution in [0.2, 0.25) is 0 Å². The lowest BCUT2D eigenvalue weighted by molar-refractivity contribution is 0.355. The molecule has 2 aromatic heterocycles. The second kappa shape index (κ2) is 5.87. The van der Waals surface area contributed by atoms with E-state index in [9.17, 15) is 0 Å². The summed E-state index contributed by atoms with van der Waals surface area (Å²) >= 11 is 0. The predicted octanol–water partition coefficient (Wildman–Crippen LogP) is 3.34. The molecule has 1 aromatic carbocycles. The van der Waals surface area contributed by atoms with Crippen molar-refractivity contribution < 1.29 is 0 Å². The van der Waals surface area contributed by atoms with Crippen LogP contribution in [0.15, 0.2) is 36.7 Å². The van der Waals surface area contributed by atoms with Gasteiger partial charge < -0.3 is 5.32 Å². The molecule has 0 fully saturated rings. The van der Waals surface area contributed by atoms with Gasteiger partial charge in [-0.25, -0.2) is 4.98 Å². The molecule has 23 heavy (non-hydrogen) atoms. The van der Waals surface area contributed by atoms with Crippen LogP contribution in [0.5, 0.6) is 0 Å². The van der Waals surface area contributed by atoms with E-state index in [1.54, 1.807) is 0 Å². The molecule has 3 aromatic rings. The summed E-state index contributed by atoms with van der Waals surface area (Å²) in [6.07, 6.45) is 3.98. The van der Waals surface area contributed by atoms with Gasteiger partial charge in [-0.1, -0.05) is 12.1 Å². The summed E-state index contributed by atoms with van der Waals surface area (Å²) in [6.45, 7) is 9.04. The van der Waals surface area contributed by atoms with Crippen LogP contribution < -0.4 is 5.32 Å². The average Bonchev–Trinajstić information content (AvgIpc) is 3.14. The fraction of sp³-hybridized carbons (Fsp3) is 0.353. The Balaban J connectivity index is 1.70. The Kier molecular flexibility index (Phi) is 3.90. The molecule has 0 atom stereocenters. The highest BCUT2D eigenvalue weighted by molar-refractivity contribution is 5.62. The lowest BCUT2D eigenvalue weighted by Gasteiger charge is -2.18. The van der Waals surface area contributed by atoms with E-state index in [-0.39, 0.29) is 5.54 Å². The number of benzene rings is 1. The molecule has 0 saturated carbocycles. The van der Waals surface area contributed by atoms with E-state index in [1.807, 2.05) is 36.0 Å². The van der Waals surface area contributed by atoms with Crippen LogP contribution in [0.3, 0.4) is 0 Å². The molecule has 2 N–H and O–H groups in total. The first-order valence-electron chi connectivity index (χ1n) is 7.69. The van der Waals surface area contributed by atoms with E-state index in [2.05, 4.69) is 58.6 Å². The second-order valence-electron chi connectivity index (χ2n) is 6.64. The molecule has 120 valence electrons. The molecule has 3 rings (SSSR count). The largest absolute Gasteiger partial charge is 0.381 e. The number of nitrogens with one attached hydrogen (secondary N) is 2. The molecule has 0 aliphatic rings. The summed E-state index contributed by atoms with van der Waals surface area (Å²) in [6, 6.07) is 8.10. The summed E-state index contributed by atoms with van der Waals surface area (Å²) in [5.74, 6) is 1.53. The maximum absolute atomic E-state index is 4.42. The van der Waals surface area contributed by atoms with Crippen LogP contribution >= 0.6 is 0 Å². The Hall–Kier alpha value is -2.63. The Bertz CT molecular complexity index is 793. The maximum atomic E-state index is 4.42. The summed E-state index contributed by atoms with van der Waals surface area (Å²) in [5, 5.41) is 14.9. The summed E-state index contributed by atoms with van der Waals surface area (Å²) in [4.78, 5) is 4.36. The van der Waals surface area contributed by atoms with Gasteiger partial charge in [-0.3, -0.25) is 9.78 Å². The highest BCUT2D eigenvalue weighted by Crippen LogP contribution is 2.20. The molecule has 0 amide bonds. The highest BCUT2D eigenvalue weighted by atomic mass is 15.3. The number of rotatable bonds is 4. The Morgan fingerprint density at radius 1 is 1.26 bits per heavy atom. The highest BCUT2D eigenvalue weighted by Gasteiger charge is 2.13. The third-order valence-corrected chi connectivity index (χ3v) is 3.54. The van der Waals surface area contributed by atoms with E-state index >= 15 is 0 Å². The summed E-state index contributed by atoms with van der Waals surface area (Å²) < 4.78 is 1.98. The zero-order chi connectivity index (χ0) is 16.4. The zero-order valence-corrected chi connectivity index (χ0v) is 14.0. The number of aromatic nitrogens is 5. The van der Waals surface area contributed by atoms with Gasteiger partial charge in [0.1, 0.15) is 5.82 Å². The number of hydrogen-bond donors (Lipinski definition) is 2. The number of aromatic amines is 1. The Morgan fingerprint density at radius 3 is 2.74 bits per heavy atom. The first-order chi connectivity index (χ1) is 10.9. The van der Waals surface area contributed by atoms with Crippen LogP contribution in [0.4, 0.5) is 5.69 Å². The molecule has 6 nitrogen and oxygen atoms in total. The van der Waals surface area contributed by atoms with E-state index in [1.165, 1.54) is 0 Å². The van der Waals surface area contributed by atoms with Crippen molar-refractivity contribution in [1.82, 2.24) is 25.0 Å². The first-order valence-corrected chi connectivity index (χ1v) is 7.69. The smallest absolute Gasteiger partial charge is 0.181 e. The number of aryl methyl sites for hydroxylation is 1. The van der Waals surface area contributed by atoms with Gasteiger partial charge in [0, 0.05) is 29.6 Å². The van der Waals surface area contributed by atoms with Gasteiger partial charge in [0.25, 0.3) is 0 Å². The minimum absolute atomic E-state index is 0.00163. The van der Waals surface area contributed by atoms with Crippen LogP contribution in [0.25, 0.3) is 11.4 Å². The molecule has 0 aliphatic carbocycles. The summed E-state index contributed by atoms with van der Waals surface area (Å²) in [5.41, 5.74) is 3.18. The van der Waals surface area contributed by atoms with Gasteiger partial charge >= 0.3 is 0 Å². The van der Waals surface area contributed by atoms with Crippen LogP contribution in [0, 0.1) is 6.92 Å². The number of hydrogen-bond acceptors (Lipinski definition) is 4. The van der Waals surface area contributed by atoms with Crippen LogP contribution in [-0.2, 0) is 12.1 Å².